The first-order valence-electron chi connectivity index (χ1n) is 10.8. The zero-order valence-electron chi connectivity index (χ0n) is 18.4. The number of esters is 1. The maximum Gasteiger partial charge on any atom is 0.348 e. The number of aliphatic hydroxyl groups excluding tert-OH is 1. The van der Waals surface area contributed by atoms with E-state index < -0.39 is 0 Å². The molecule has 1 N–H and O–H groups in total. The zero-order chi connectivity index (χ0) is 22.5. The first-order chi connectivity index (χ1) is 15.6. The zero-order valence-corrected chi connectivity index (χ0v) is 20.0. The van der Waals surface area contributed by atoms with Crippen LogP contribution in [0.2, 0.25) is 0 Å². The van der Waals surface area contributed by atoms with E-state index in [2.05, 4.69) is 21.9 Å². The van der Waals surface area contributed by atoms with Gasteiger partial charge in [0.15, 0.2) is 0 Å². The van der Waals surface area contributed by atoms with E-state index in [1.807, 2.05) is 32.0 Å². The minimum Gasteiger partial charge on any atom is -0.462 e. The van der Waals surface area contributed by atoms with Gasteiger partial charge in [-0.15, -0.1) is 23.1 Å². The Labute approximate surface area is 196 Å². The number of aliphatic hydroxyl groups is 1. The van der Waals surface area contributed by atoms with Crippen molar-refractivity contribution in [2.24, 2.45) is 0 Å². The largest absolute Gasteiger partial charge is 0.462 e. The average molecular weight is 473 g/mol. The number of ether oxygens (including phenoxy) is 1. The highest BCUT2D eigenvalue weighted by atomic mass is 32.2. The second-order valence-corrected chi connectivity index (χ2v) is 9.62. The lowest BCUT2D eigenvalue weighted by atomic mass is 10.2. The summed E-state index contributed by atoms with van der Waals surface area (Å²) >= 11 is 3.09. The number of anilines is 1. The minimum atomic E-state index is -0.299. The van der Waals surface area contributed by atoms with Crippen molar-refractivity contribution in [3.05, 3.63) is 46.6 Å². The molecule has 4 rings (SSSR count). The number of carbonyl (C=O) groups excluding carboxylic acids is 1. The topological polar surface area (TPSA) is 78.8 Å². The molecule has 1 fully saturated rings. The molecule has 170 valence electrons. The van der Waals surface area contributed by atoms with Crippen molar-refractivity contribution in [3.63, 3.8) is 0 Å². The van der Waals surface area contributed by atoms with Gasteiger partial charge in [-0.3, -0.25) is 4.90 Å². The lowest BCUT2D eigenvalue weighted by Crippen LogP contribution is -2.47. The Hall–Kier alpha value is -2.20. The number of piperazine rings is 1. The van der Waals surface area contributed by atoms with E-state index in [4.69, 9.17) is 14.7 Å². The van der Waals surface area contributed by atoms with Crippen LogP contribution in [0.15, 0.2) is 35.2 Å². The third kappa shape index (κ3) is 5.06. The Bertz CT molecular complexity index is 1070. The van der Waals surface area contributed by atoms with Crippen LogP contribution in [0, 0.1) is 6.92 Å². The van der Waals surface area contributed by atoms with E-state index in [1.165, 1.54) is 16.2 Å². The van der Waals surface area contributed by atoms with Crippen LogP contribution in [-0.2, 0) is 10.5 Å². The summed E-state index contributed by atoms with van der Waals surface area (Å²) in [5.41, 5.74) is 0.888. The monoisotopic (exact) mass is 472 g/mol. The molecule has 1 aliphatic heterocycles. The molecule has 1 aliphatic rings. The van der Waals surface area contributed by atoms with Gasteiger partial charge in [0.2, 0.25) is 0 Å². The molecule has 3 heterocycles. The van der Waals surface area contributed by atoms with Gasteiger partial charge < -0.3 is 14.7 Å². The average Bonchev–Trinajstić information content (AvgIpc) is 3.15. The summed E-state index contributed by atoms with van der Waals surface area (Å²) in [5.74, 6) is 2.01. The molecule has 1 saturated heterocycles. The summed E-state index contributed by atoms with van der Waals surface area (Å²) in [5, 5.41) is 10.2. The first-order valence-corrected chi connectivity index (χ1v) is 12.6. The van der Waals surface area contributed by atoms with Crippen molar-refractivity contribution >= 4 is 45.1 Å². The van der Waals surface area contributed by atoms with Gasteiger partial charge in [0, 0.05) is 37.6 Å². The van der Waals surface area contributed by atoms with Crippen molar-refractivity contribution in [3.8, 4) is 0 Å². The normalized spacial score (nSPS) is 14.8. The van der Waals surface area contributed by atoms with Gasteiger partial charge in [-0.25, -0.2) is 14.8 Å². The Kier molecular flexibility index (Phi) is 7.62. The molecule has 0 spiro atoms. The number of hydrogen-bond donors (Lipinski definition) is 1. The summed E-state index contributed by atoms with van der Waals surface area (Å²) in [6, 6.07) is 10.2. The predicted molar refractivity (Wildman–Crippen MR) is 130 cm³/mol. The van der Waals surface area contributed by atoms with Crippen molar-refractivity contribution < 1.29 is 14.6 Å². The number of rotatable bonds is 8. The molecule has 0 bridgehead atoms. The lowest BCUT2D eigenvalue weighted by Gasteiger charge is -2.35. The Morgan fingerprint density at radius 2 is 1.94 bits per heavy atom. The van der Waals surface area contributed by atoms with E-state index in [9.17, 15) is 9.90 Å². The molecule has 0 amide bonds. The number of β-amino-alcohol motifs (C(OH)–C–C–N with tert-alkyl or cyclic N) is 1. The number of benzene rings is 1. The van der Waals surface area contributed by atoms with Gasteiger partial charge in [-0.1, -0.05) is 18.2 Å². The molecule has 2 aromatic heterocycles. The fourth-order valence-corrected chi connectivity index (χ4v) is 5.70. The fourth-order valence-electron chi connectivity index (χ4n) is 3.83. The highest BCUT2D eigenvalue weighted by Gasteiger charge is 2.26. The highest BCUT2D eigenvalue weighted by molar-refractivity contribution is 7.98. The molecular formula is C23H28N4O3S2. The summed E-state index contributed by atoms with van der Waals surface area (Å²) in [6.07, 6.45) is 0. The van der Waals surface area contributed by atoms with Gasteiger partial charge in [0.1, 0.15) is 21.3 Å². The molecule has 0 atom stereocenters. The Balaban J connectivity index is 1.68. The standard InChI is InChI=1S/C23H28N4O3S2/c1-3-30-23(29)20-16(2)19-21(27-11-9-26(10-12-27)13-14-28)24-18(25-22(19)32-20)15-31-17-7-5-4-6-8-17/h4-8,28H,3,9-15H2,1-2H3. The molecule has 9 heteroatoms. The SMILES string of the molecule is CCOC(=O)c1sc2nc(CSc3ccccc3)nc(N3CCN(CCO)CC3)c2c1C. The van der Waals surface area contributed by atoms with Gasteiger partial charge in [0.05, 0.1) is 24.4 Å². The van der Waals surface area contributed by atoms with Crippen LogP contribution in [0.1, 0.15) is 28.0 Å². The molecule has 1 aromatic carbocycles. The van der Waals surface area contributed by atoms with Gasteiger partial charge >= 0.3 is 5.97 Å². The number of hydrogen-bond acceptors (Lipinski definition) is 9. The van der Waals surface area contributed by atoms with E-state index in [0.29, 0.717) is 23.8 Å². The molecule has 7 nitrogen and oxygen atoms in total. The molecule has 0 radical (unpaired) electrons. The van der Waals surface area contributed by atoms with Crippen molar-refractivity contribution in [2.45, 2.75) is 24.5 Å². The second kappa shape index (κ2) is 10.6. The van der Waals surface area contributed by atoms with Crippen LogP contribution in [0.3, 0.4) is 0 Å². The maximum absolute atomic E-state index is 12.5. The molecule has 3 aromatic rings. The number of carbonyl (C=O) groups is 1. The van der Waals surface area contributed by atoms with Gasteiger partial charge in [-0.2, -0.15) is 0 Å². The summed E-state index contributed by atoms with van der Waals surface area (Å²) < 4.78 is 5.28. The Morgan fingerprint density at radius 3 is 2.62 bits per heavy atom. The predicted octanol–water partition coefficient (Wildman–Crippen LogP) is 3.58. The van der Waals surface area contributed by atoms with E-state index in [1.54, 1.807) is 11.8 Å². The van der Waals surface area contributed by atoms with E-state index in [0.717, 1.165) is 53.6 Å². The van der Waals surface area contributed by atoms with Crippen molar-refractivity contribution in [1.29, 1.82) is 0 Å². The highest BCUT2D eigenvalue weighted by Crippen LogP contribution is 2.37. The molecule has 32 heavy (non-hydrogen) atoms. The van der Waals surface area contributed by atoms with Crippen LogP contribution >= 0.6 is 23.1 Å². The third-order valence-electron chi connectivity index (χ3n) is 5.48. The quantitative estimate of drug-likeness (QED) is 0.394. The minimum absolute atomic E-state index is 0.172. The van der Waals surface area contributed by atoms with Crippen molar-refractivity contribution in [1.82, 2.24) is 14.9 Å². The molecule has 0 aliphatic carbocycles. The number of fused-ring (bicyclic) bond motifs is 1. The molecular weight excluding hydrogens is 444 g/mol. The fraction of sp³-hybridized carbons (Fsp3) is 0.435. The number of nitrogens with zero attached hydrogens (tertiary/aromatic N) is 4. The van der Waals surface area contributed by atoms with Gasteiger partial charge in [-0.05, 0) is 31.5 Å². The van der Waals surface area contributed by atoms with Gasteiger partial charge in [0.25, 0.3) is 0 Å². The smallest absolute Gasteiger partial charge is 0.348 e. The molecule has 0 unspecified atom stereocenters. The van der Waals surface area contributed by atoms with Crippen LogP contribution in [-0.4, -0.2) is 71.9 Å². The van der Waals surface area contributed by atoms with Crippen LogP contribution < -0.4 is 4.90 Å². The first kappa shape index (κ1) is 23.0. The van der Waals surface area contributed by atoms with Crippen LogP contribution in [0.4, 0.5) is 5.82 Å². The van der Waals surface area contributed by atoms with Crippen molar-refractivity contribution in [2.75, 3.05) is 50.8 Å². The van der Waals surface area contributed by atoms with Crippen LogP contribution in [0.5, 0.6) is 0 Å². The number of aryl methyl sites for hydroxylation is 1. The number of aromatic nitrogens is 2. The maximum atomic E-state index is 12.5. The summed E-state index contributed by atoms with van der Waals surface area (Å²) in [6.45, 7) is 8.36. The van der Waals surface area contributed by atoms with Crippen LogP contribution in [0.25, 0.3) is 10.2 Å². The van der Waals surface area contributed by atoms with E-state index >= 15 is 0 Å². The second-order valence-electron chi connectivity index (χ2n) is 7.57. The number of thiophene rings is 1. The molecule has 0 saturated carbocycles. The lowest BCUT2D eigenvalue weighted by molar-refractivity contribution is 0.0531. The summed E-state index contributed by atoms with van der Waals surface area (Å²) in [7, 11) is 0. The Morgan fingerprint density at radius 1 is 1.19 bits per heavy atom. The number of thioether (sulfide) groups is 1. The third-order valence-corrected chi connectivity index (χ3v) is 7.65. The summed E-state index contributed by atoms with van der Waals surface area (Å²) in [4.78, 5) is 29.5. The van der Waals surface area contributed by atoms with E-state index in [-0.39, 0.29) is 12.6 Å².